The average molecular weight is 159 g/mol. The molecule has 1 unspecified atom stereocenters. The Morgan fingerprint density at radius 1 is 1.45 bits per heavy atom. The van der Waals surface area contributed by atoms with Crippen molar-refractivity contribution in [2.24, 2.45) is 0 Å². The number of carbonyl (C=O) groups is 1. The molecule has 0 spiro atoms. The lowest BCUT2D eigenvalue weighted by molar-refractivity contribution is -0.114. The second-order valence-corrected chi connectivity index (χ2v) is 2.38. The number of likely N-dealkylation sites (N-methyl/N-ethyl adjacent to an activating group) is 1. The predicted octanol–water partition coefficient (Wildman–Crippen LogP) is 0.542. The third kappa shape index (κ3) is 3.49. The third-order valence-corrected chi connectivity index (χ3v) is 1.78. The molecule has 0 rings (SSSR count). The monoisotopic (exact) mass is 159 g/mol. The molecule has 66 valence electrons. The number of hydrogen-bond donors (Lipinski definition) is 0. The first kappa shape index (κ1) is 10.6. The summed E-state index contributed by atoms with van der Waals surface area (Å²) in [7, 11) is 1.61. The molecule has 0 fully saturated rings. The number of nitrogens with zero attached hydrogens (tertiary/aromatic N) is 1. The second-order valence-electron chi connectivity index (χ2n) is 2.38. The lowest BCUT2D eigenvalue weighted by atomic mass is 10.3. The highest BCUT2D eigenvalue weighted by atomic mass is 16.5. The molecule has 0 heterocycles. The number of carbonyl (C=O) groups excluding carboxylic acids is 1. The minimum Gasteiger partial charge on any atom is -0.383 e. The van der Waals surface area contributed by atoms with Crippen LogP contribution in [0.2, 0.25) is 0 Å². The van der Waals surface area contributed by atoms with E-state index in [1.54, 1.807) is 7.11 Å². The van der Waals surface area contributed by atoms with Gasteiger partial charge in [0.2, 0.25) is 0 Å². The van der Waals surface area contributed by atoms with Gasteiger partial charge in [0.05, 0.1) is 12.6 Å². The van der Waals surface area contributed by atoms with Gasteiger partial charge in [-0.15, -0.1) is 0 Å². The summed E-state index contributed by atoms with van der Waals surface area (Å²) in [5.74, 6) is 0. The summed E-state index contributed by atoms with van der Waals surface area (Å²) in [6.07, 6.45) is 0.941. The van der Waals surface area contributed by atoms with Crippen molar-refractivity contribution < 1.29 is 9.53 Å². The van der Waals surface area contributed by atoms with Crippen LogP contribution in [0.3, 0.4) is 0 Å². The predicted molar refractivity (Wildman–Crippen MR) is 44.6 cm³/mol. The minimum atomic E-state index is -0.0741. The van der Waals surface area contributed by atoms with Crippen LogP contribution in [-0.2, 0) is 9.53 Å². The Hall–Kier alpha value is -0.410. The molecule has 0 aliphatic carbocycles. The van der Waals surface area contributed by atoms with Gasteiger partial charge in [0.25, 0.3) is 0 Å². The summed E-state index contributed by atoms with van der Waals surface area (Å²) < 4.78 is 4.91. The summed E-state index contributed by atoms with van der Waals surface area (Å²) >= 11 is 0. The Morgan fingerprint density at radius 3 is 2.27 bits per heavy atom. The number of hydrogen-bond acceptors (Lipinski definition) is 3. The first-order valence-corrected chi connectivity index (χ1v) is 3.98. The van der Waals surface area contributed by atoms with Gasteiger partial charge in [-0.2, -0.15) is 0 Å². The van der Waals surface area contributed by atoms with E-state index < -0.39 is 0 Å². The Labute approximate surface area is 68.3 Å². The SMILES string of the molecule is CCN(CC)C(C=O)COC. The quantitative estimate of drug-likeness (QED) is 0.530. The van der Waals surface area contributed by atoms with Crippen LogP contribution in [-0.4, -0.2) is 44.0 Å². The Kier molecular flexibility index (Phi) is 6.07. The van der Waals surface area contributed by atoms with E-state index >= 15 is 0 Å². The number of rotatable bonds is 6. The largest absolute Gasteiger partial charge is 0.383 e. The van der Waals surface area contributed by atoms with E-state index in [1.165, 1.54) is 0 Å². The van der Waals surface area contributed by atoms with Crippen LogP contribution in [0.5, 0.6) is 0 Å². The molecular weight excluding hydrogens is 142 g/mol. The van der Waals surface area contributed by atoms with Crippen molar-refractivity contribution >= 4 is 6.29 Å². The molecule has 11 heavy (non-hydrogen) atoms. The summed E-state index contributed by atoms with van der Waals surface area (Å²) in [5, 5.41) is 0. The van der Waals surface area contributed by atoms with Crippen LogP contribution in [0.4, 0.5) is 0 Å². The highest BCUT2D eigenvalue weighted by Crippen LogP contribution is 1.95. The van der Waals surface area contributed by atoms with E-state index in [2.05, 4.69) is 4.90 Å². The Morgan fingerprint density at radius 2 is 2.00 bits per heavy atom. The topological polar surface area (TPSA) is 29.5 Å². The van der Waals surface area contributed by atoms with E-state index in [0.29, 0.717) is 6.61 Å². The Balaban J connectivity index is 3.86. The molecule has 3 nitrogen and oxygen atoms in total. The van der Waals surface area contributed by atoms with Crippen molar-refractivity contribution in [3.63, 3.8) is 0 Å². The summed E-state index contributed by atoms with van der Waals surface area (Å²) in [4.78, 5) is 12.6. The van der Waals surface area contributed by atoms with E-state index in [1.807, 2.05) is 13.8 Å². The molecule has 0 bridgehead atoms. The molecule has 0 N–H and O–H groups in total. The smallest absolute Gasteiger partial charge is 0.139 e. The fourth-order valence-corrected chi connectivity index (χ4v) is 1.09. The van der Waals surface area contributed by atoms with E-state index in [9.17, 15) is 4.79 Å². The molecule has 0 saturated heterocycles. The van der Waals surface area contributed by atoms with Crippen molar-refractivity contribution in [1.82, 2.24) is 4.90 Å². The van der Waals surface area contributed by atoms with E-state index in [-0.39, 0.29) is 6.04 Å². The molecule has 3 heteroatoms. The van der Waals surface area contributed by atoms with Crippen LogP contribution in [0.1, 0.15) is 13.8 Å². The van der Waals surface area contributed by atoms with Crippen molar-refractivity contribution in [3.05, 3.63) is 0 Å². The number of ether oxygens (including phenoxy) is 1. The van der Waals surface area contributed by atoms with Gasteiger partial charge in [-0.1, -0.05) is 13.8 Å². The van der Waals surface area contributed by atoms with Crippen LogP contribution < -0.4 is 0 Å². The van der Waals surface area contributed by atoms with Crippen LogP contribution in [0.15, 0.2) is 0 Å². The molecule has 0 aliphatic heterocycles. The molecule has 0 amide bonds. The molecule has 0 aliphatic rings. The standard InChI is InChI=1S/C8H17NO2/c1-4-9(5-2)8(6-10)7-11-3/h6,8H,4-5,7H2,1-3H3. The first-order chi connectivity index (χ1) is 5.29. The summed E-state index contributed by atoms with van der Waals surface area (Å²) in [6.45, 7) is 6.35. The minimum absolute atomic E-state index is 0.0741. The van der Waals surface area contributed by atoms with Gasteiger partial charge in [-0.25, -0.2) is 0 Å². The maximum Gasteiger partial charge on any atom is 0.139 e. The molecular formula is C8H17NO2. The van der Waals surface area contributed by atoms with E-state index in [4.69, 9.17) is 4.74 Å². The fourth-order valence-electron chi connectivity index (χ4n) is 1.09. The summed E-state index contributed by atoms with van der Waals surface area (Å²) in [6, 6.07) is -0.0741. The molecule has 0 aromatic carbocycles. The summed E-state index contributed by atoms with van der Waals surface area (Å²) in [5.41, 5.74) is 0. The van der Waals surface area contributed by atoms with Crippen LogP contribution in [0, 0.1) is 0 Å². The maximum absolute atomic E-state index is 10.5. The van der Waals surface area contributed by atoms with Crippen LogP contribution in [0.25, 0.3) is 0 Å². The Bertz CT molecular complexity index is 102. The molecule has 0 aromatic heterocycles. The van der Waals surface area contributed by atoms with Gasteiger partial charge in [-0.3, -0.25) is 4.90 Å². The lowest BCUT2D eigenvalue weighted by Gasteiger charge is -2.23. The van der Waals surface area contributed by atoms with Gasteiger partial charge >= 0.3 is 0 Å². The van der Waals surface area contributed by atoms with Crippen molar-refractivity contribution in [3.8, 4) is 0 Å². The maximum atomic E-state index is 10.5. The van der Waals surface area contributed by atoms with Gasteiger partial charge in [-0.05, 0) is 13.1 Å². The fraction of sp³-hybridized carbons (Fsp3) is 0.875. The zero-order chi connectivity index (χ0) is 8.69. The zero-order valence-corrected chi connectivity index (χ0v) is 7.54. The van der Waals surface area contributed by atoms with Crippen LogP contribution >= 0.6 is 0 Å². The van der Waals surface area contributed by atoms with Crippen molar-refractivity contribution in [1.29, 1.82) is 0 Å². The zero-order valence-electron chi connectivity index (χ0n) is 7.54. The molecule has 0 radical (unpaired) electrons. The average Bonchev–Trinajstić information content (AvgIpc) is 2.05. The van der Waals surface area contributed by atoms with Gasteiger partial charge in [0.15, 0.2) is 0 Å². The van der Waals surface area contributed by atoms with Gasteiger partial charge in [0, 0.05) is 7.11 Å². The highest BCUT2D eigenvalue weighted by Gasteiger charge is 2.13. The van der Waals surface area contributed by atoms with Gasteiger partial charge in [0.1, 0.15) is 6.29 Å². The molecule has 0 aromatic rings. The van der Waals surface area contributed by atoms with Crippen molar-refractivity contribution in [2.45, 2.75) is 19.9 Å². The van der Waals surface area contributed by atoms with E-state index in [0.717, 1.165) is 19.4 Å². The third-order valence-electron chi connectivity index (χ3n) is 1.78. The highest BCUT2D eigenvalue weighted by molar-refractivity contribution is 5.57. The normalized spacial score (nSPS) is 13.5. The van der Waals surface area contributed by atoms with Gasteiger partial charge < -0.3 is 9.53 Å². The number of aldehydes is 1. The first-order valence-electron chi connectivity index (χ1n) is 3.98. The van der Waals surface area contributed by atoms with Crippen molar-refractivity contribution in [2.75, 3.05) is 26.8 Å². The molecule has 0 saturated carbocycles. The number of methoxy groups -OCH3 is 1. The second kappa shape index (κ2) is 6.31. The lowest BCUT2D eigenvalue weighted by Crippen LogP contribution is -2.39. The molecule has 1 atom stereocenters.